The minimum absolute atomic E-state index is 0.216. The molecule has 144 valence electrons. The summed E-state index contributed by atoms with van der Waals surface area (Å²) in [5.41, 5.74) is 0.922. The van der Waals surface area contributed by atoms with Crippen molar-refractivity contribution in [3.63, 3.8) is 0 Å². The van der Waals surface area contributed by atoms with Gasteiger partial charge in [0.1, 0.15) is 11.5 Å². The molecule has 0 radical (unpaired) electrons. The molecule has 8 heteroatoms. The molecule has 0 aliphatic rings. The summed E-state index contributed by atoms with van der Waals surface area (Å²) >= 11 is 12.0. The molecular weight excluding hydrogens is 393 g/mol. The second-order valence-electron chi connectivity index (χ2n) is 5.63. The molecule has 0 saturated heterocycles. The molecule has 0 aliphatic carbocycles. The second kappa shape index (κ2) is 9.48. The molecule has 0 aliphatic heterocycles. The Labute approximate surface area is 167 Å². The molecule has 1 N–H and O–H groups in total. The van der Waals surface area contributed by atoms with E-state index < -0.39 is 18.5 Å². The summed E-state index contributed by atoms with van der Waals surface area (Å²) in [6, 6.07) is 9.25. The predicted molar refractivity (Wildman–Crippen MR) is 103 cm³/mol. The molecule has 1 atom stereocenters. The number of nitrogens with one attached hydrogen (secondary N) is 1. The van der Waals surface area contributed by atoms with E-state index in [0.29, 0.717) is 27.1 Å². The van der Waals surface area contributed by atoms with E-state index in [-0.39, 0.29) is 11.6 Å². The highest BCUT2D eigenvalue weighted by molar-refractivity contribution is 6.35. The maximum Gasteiger partial charge on any atom is 0.338 e. The first-order valence-electron chi connectivity index (χ1n) is 7.98. The van der Waals surface area contributed by atoms with Crippen LogP contribution >= 0.6 is 23.2 Å². The fourth-order valence-corrected chi connectivity index (χ4v) is 2.93. The van der Waals surface area contributed by atoms with E-state index in [2.05, 4.69) is 5.32 Å². The molecule has 0 saturated carbocycles. The zero-order valence-electron chi connectivity index (χ0n) is 15.0. The lowest BCUT2D eigenvalue weighted by Gasteiger charge is -2.16. The summed E-state index contributed by atoms with van der Waals surface area (Å²) < 4.78 is 15.3. The third kappa shape index (κ3) is 5.77. The van der Waals surface area contributed by atoms with Crippen LogP contribution in [0, 0.1) is 0 Å². The van der Waals surface area contributed by atoms with Gasteiger partial charge in [0.15, 0.2) is 6.61 Å². The van der Waals surface area contributed by atoms with E-state index in [1.807, 2.05) is 0 Å². The van der Waals surface area contributed by atoms with Gasteiger partial charge >= 0.3 is 5.97 Å². The lowest BCUT2D eigenvalue weighted by molar-refractivity contribution is -0.124. The van der Waals surface area contributed by atoms with Crippen molar-refractivity contribution < 1.29 is 23.8 Å². The number of methoxy groups -OCH3 is 2. The molecule has 0 bridgehead atoms. The van der Waals surface area contributed by atoms with E-state index in [1.165, 1.54) is 26.4 Å². The van der Waals surface area contributed by atoms with Crippen LogP contribution in [0.4, 0.5) is 0 Å². The number of carbonyl (C=O) groups excluding carboxylic acids is 2. The highest BCUT2D eigenvalue weighted by Gasteiger charge is 2.16. The smallest absolute Gasteiger partial charge is 0.338 e. The van der Waals surface area contributed by atoms with Crippen LogP contribution in [0.5, 0.6) is 11.5 Å². The predicted octanol–water partition coefficient (Wildman–Crippen LogP) is 4.04. The number of esters is 1. The second-order valence-corrected chi connectivity index (χ2v) is 6.48. The van der Waals surface area contributed by atoms with Crippen LogP contribution < -0.4 is 14.8 Å². The standard InChI is InChI=1S/C19H19Cl2NO5/c1-11(16-5-4-13(20)8-17(16)21)22-18(23)10-27-19(24)12-6-14(25-2)9-15(7-12)26-3/h4-9,11H,10H2,1-3H3,(H,22,23)/t11-/m0/s1. The molecule has 0 aromatic heterocycles. The number of hydrogen-bond acceptors (Lipinski definition) is 5. The van der Waals surface area contributed by atoms with E-state index in [1.54, 1.807) is 31.2 Å². The third-order valence-electron chi connectivity index (χ3n) is 3.73. The fraction of sp³-hybridized carbons (Fsp3) is 0.263. The normalized spacial score (nSPS) is 11.4. The van der Waals surface area contributed by atoms with E-state index in [0.717, 1.165) is 0 Å². The first-order chi connectivity index (χ1) is 12.8. The zero-order valence-corrected chi connectivity index (χ0v) is 16.6. The number of halogens is 2. The van der Waals surface area contributed by atoms with Gasteiger partial charge in [0, 0.05) is 16.1 Å². The molecule has 2 aromatic carbocycles. The third-order valence-corrected chi connectivity index (χ3v) is 4.29. The van der Waals surface area contributed by atoms with Crippen LogP contribution in [0.25, 0.3) is 0 Å². The van der Waals surface area contributed by atoms with Gasteiger partial charge in [-0.1, -0.05) is 29.3 Å². The summed E-state index contributed by atoms with van der Waals surface area (Å²) in [6.07, 6.45) is 0. The van der Waals surface area contributed by atoms with Gasteiger partial charge in [0.2, 0.25) is 0 Å². The van der Waals surface area contributed by atoms with Crippen molar-refractivity contribution in [2.24, 2.45) is 0 Å². The van der Waals surface area contributed by atoms with Crippen molar-refractivity contribution >= 4 is 35.1 Å². The largest absolute Gasteiger partial charge is 0.497 e. The Morgan fingerprint density at radius 2 is 1.67 bits per heavy atom. The molecule has 2 aromatic rings. The fourth-order valence-electron chi connectivity index (χ4n) is 2.35. The van der Waals surface area contributed by atoms with Gasteiger partial charge in [-0.25, -0.2) is 4.79 Å². The number of rotatable bonds is 7. The number of carbonyl (C=O) groups is 2. The highest BCUT2D eigenvalue weighted by Crippen LogP contribution is 2.26. The highest BCUT2D eigenvalue weighted by atomic mass is 35.5. The SMILES string of the molecule is COc1cc(OC)cc(C(=O)OCC(=O)N[C@@H](C)c2ccc(Cl)cc2Cl)c1. The van der Waals surface area contributed by atoms with Crippen molar-refractivity contribution in [3.8, 4) is 11.5 Å². The number of amides is 1. The first-order valence-corrected chi connectivity index (χ1v) is 8.74. The minimum atomic E-state index is -0.667. The van der Waals surface area contributed by atoms with Crippen LogP contribution in [-0.4, -0.2) is 32.7 Å². The minimum Gasteiger partial charge on any atom is -0.497 e. The van der Waals surface area contributed by atoms with Crippen molar-refractivity contribution in [3.05, 3.63) is 57.6 Å². The number of ether oxygens (including phenoxy) is 3. The van der Waals surface area contributed by atoms with Crippen LogP contribution in [0.2, 0.25) is 10.0 Å². The summed E-state index contributed by atoms with van der Waals surface area (Å²) in [6.45, 7) is 1.33. The van der Waals surface area contributed by atoms with Gasteiger partial charge in [-0.05, 0) is 36.8 Å². The Morgan fingerprint density at radius 1 is 1.04 bits per heavy atom. The lowest BCUT2D eigenvalue weighted by atomic mass is 10.1. The van der Waals surface area contributed by atoms with Gasteiger partial charge in [-0.3, -0.25) is 4.79 Å². The van der Waals surface area contributed by atoms with Gasteiger partial charge in [-0.2, -0.15) is 0 Å². The van der Waals surface area contributed by atoms with Crippen molar-refractivity contribution in [1.29, 1.82) is 0 Å². The molecule has 27 heavy (non-hydrogen) atoms. The molecule has 0 heterocycles. The average Bonchev–Trinajstić information content (AvgIpc) is 2.65. The van der Waals surface area contributed by atoms with Crippen LogP contribution in [0.15, 0.2) is 36.4 Å². The quantitative estimate of drug-likeness (QED) is 0.695. The Kier molecular flexibility index (Phi) is 7.33. The molecular formula is C19H19Cl2NO5. The Balaban J connectivity index is 1.96. The maximum atomic E-state index is 12.2. The van der Waals surface area contributed by atoms with Crippen LogP contribution in [-0.2, 0) is 9.53 Å². The molecule has 6 nitrogen and oxygen atoms in total. The van der Waals surface area contributed by atoms with Crippen molar-refractivity contribution in [2.75, 3.05) is 20.8 Å². The first kappa shape index (κ1) is 20.9. The summed E-state index contributed by atoms with van der Waals surface area (Å²) in [5.74, 6) is -0.246. The summed E-state index contributed by atoms with van der Waals surface area (Å²) in [5, 5.41) is 3.66. The van der Waals surface area contributed by atoms with E-state index >= 15 is 0 Å². The van der Waals surface area contributed by atoms with Crippen molar-refractivity contribution in [2.45, 2.75) is 13.0 Å². The van der Waals surface area contributed by atoms with Gasteiger partial charge in [0.25, 0.3) is 5.91 Å². The number of benzene rings is 2. The van der Waals surface area contributed by atoms with Gasteiger partial charge in [-0.15, -0.1) is 0 Å². The molecule has 0 unspecified atom stereocenters. The van der Waals surface area contributed by atoms with E-state index in [4.69, 9.17) is 37.4 Å². The maximum absolute atomic E-state index is 12.2. The Morgan fingerprint density at radius 3 is 2.22 bits per heavy atom. The topological polar surface area (TPSA) is 73.9 Å². The van der Waals surface area contributed by atoms with Crippen molar-refractivity contribution in [1.82, 2.24) is 5.32 Å². The number of hydrogen-bond donors (Lipinski definition) is 1. The lowest BCUT2D eigenvalue weighted by Crippen LogP contribution is -2.31. The molecule has 2 rings (SSSR count). The molecule has 0 spiro atoms. The van der Waals surface area contributed by atoms with Gasteiger partial charge in [0.05, 0.1) is 25.8 Å². The average molecular weight is 412 g/mol. The zero-order chi connectivity index (χ0) is 20.0. The van der Waals surface area contributed by atoms with Crippen LogP contribution in [0.3, 0.4) is 0 Å². The Bertz CT molecular complexity index is 819. The van der Waals surface area contributed by atoms with Crippen LogP contribution in [0.1, 0.15) is 28.9 Å². The van der Waals surface area contributed by atoms with Gasteiger partial charge < -0.3 is 19.5 Å². The summed E-state index contributed by atoms with van der Waals surface area (Å²) in [4.78, 5) is 24.3. The summed E-state index contributed by atoms with van der Waals surface area (Å²) in [7, 11) is 2.95. The monoisotopic (exact) mass is 411 g/mol. The Hall–Kier alpha value is -2.44. The molecule has 0 fully saturated rings. The van der Waals surface area contributed by atoms with E-state index in [9.17, 15) is 9.59 Å². The molecule has 1 amide bonds.